The van der Waals surface area contributed by atoms with Gasteiger partial charge in [0.2, 0.25) is 5.91 Å². The SMILES string of the molecule is CC1(C)CN(Cc2ccc(C(=O)N[C@@H]3CCC[C@@H]3C(=O)NO)cc2)c2ccccc2S1(=O)=O. The summed E-state index contributed by atoms with van der Waals surface area (Å²) in [6.07, 6.45) is 2.12. The summed E-state index contributed by atoms with van der Waals surface area (Å²) in [6, 6.07) is 13.9. The number of para-hydroxylation sites is 1. The van der Waals surface area contributed by atoms with Gasteiger partial charge in [0.1, 0.15) is 0 Å². The van der Waals surface area contributed by atoms with Crippen LogP contribution in [0.15, 0.2) is 53.4 Å². The van der Waals surface area contributed by atoms with E-state index in [2.05, 4.69) is 10.2 Å². The van der Waals surface area contributed by atoms with Crippen molar-refractivity contribution in [2.45, 2.75) is 55.3 Å². The van der Waals surface area contributed by atoms with Crippen LogP contribution in [0.4, 0.5) is 5.69 Å². The summed E-state index contributed by atoms with van der Waals surface area (Å²) in [6.45, 7) is 4.36. The van der Waals surface area contributed by atoms with Crippen LogP contribution in [0.25, 0.3) is 0 Å². The zero-order valence-electron chi connectivity index (χ0n) is 18.7. The van der Waals surface area contributed by atoms with Crippen LogP contribution in [0.5, 0.6) is 0 Å². The van der Waals surface area contributed by atoms with Gasteiger partial charge >= 0.3 is 0 Å². The van der Waals surface area contributed by atoms with E-state index in [0.29, 0.717) is 42.1 Å². The summed E-state index contributed by atoms with van der Waals surface area (Å²) in [7, 11) is -3.43. The molecule has 8 nitrogen and oxygen atoms in total. The molecule has 2 atom stereocenters. The van der Waals surface area contributed by atoms with Gasteiger partial charge in [0.05, 0.1) is 21.2 Å². The fourth-order valence-corrected chi connectivity index (χ4v) is 6.43. The number of fused-ring (bicyclic) bond motifs is 1. The molecule has 2 aliphatic rings. The third kappa shape index (κ3) is 4.35. The van der Waals surface area contributed by atoms with Crippen LogP contribution >= 0.6 is 0 Å². The van der Waals surface area contributed by atoms with Crippen molar-refractivity contribution in [3.05, 3.63) is 59.7 Å². The summed E-state index contributed by atoms with van der Waals surface area (Å²) >= 11 is 0. The molecule has 0 radical (unpaired) electrons. The average molecular weight is 472 g/mol. The van der Waals surface area contributed by atoms with Gasteiger partial charge < -0.3 is 10.2 Å². The van der Waals surface area contributed by atoms with Gasteiger partial charge in [-0.2, -0.15) is 0 Å². The van der Waals surface area contributed by atoms with Crippen molar-refractivity contribution in [3.63, 3.8) is 0 Å². The highest BCUT2D eigenvalue weighted by Crippen LogP contribution is 2.39. The minimum Gasteiger partial charge on any atom is -0.365 e. The maximum absolute atomic E-state index is 13.0. The maximum Gasteiger partial charge on any atom is 0.251 e. The molecule has 1 fully saturated rings. The van der Waals surface area contributed by atoms with Gasteiger partial charge in [-0.1, -0.05) is 30.7 Å². The Balaban J connectivity index is 1.48. The Morgan fingerprint density at radius 3 is 2.48 bits per heavy atom. The second-order valence-corrected chi connectivity index (χ2v) is 11.9. The highest BCUT2D eigenvalue weighted by molar-refractivity contribution is 7.93. The fourth-order valence-electron chi connectivity index (χ4n) is 4.78. The first kappa shape index (κ1) is 23.3. The Hall–Kier alpha value is -2.91. The van der Waals surface area contributed by atoms with Crippen molar-refractivity contribution in [2.75, 3.05) is 11.4 Å². The number of nitrogens with one attached hydrogen (secondary N) is 2. The van der Waals surface area contributed by atoms with Gasteiger partial charge in [0.15, 0.2) is 9.84 Å². The van der Waals surface area contributed by atoms with E-state index in [0.717, 1.165) is 12.0 Å². The van der Waals surface area contributed by atoms with Crippen LogP contribution in [0.3, 0.4) is 0 Å². The summed E-state index contributed by atoms with van der Waals surface area (Å²) in [5, 5.41) is 11.8. The van der Waals surface area contributed by atoms with E-state index in [1.165, 1.54) is 0 Å². The topological polar surface area (TPSA) is 116 Å². The number of hydrogen-bond donors (Lipinski definition) is 3. The number of rotatable bonds is 5. The molecular formula is C24H29N3O5S. The lowest BCUT2D eigenvalue weighted by molar-refractivity contribution is -0.133. The summed E-state index contributed by atoms with van der Waals surface area (Å²) in [4.78, 5) is 26.9. The van der Waals surface area contributed by atoms with Gasteiger partial charge in [0.25, 0.3) is 5.91 Å². The zero-order valence-corrected chi connectivity index (χ0v) is 19.6. The Bertz CT molecular complexity index is 1160. The van der Waals surface area contributed by atoms with E-state index in [9.17, 15) is 18.0 Å². The quantitative estimate of drug-likeness (QED) is 0.456. The van der Waals surface area contributed by atoms with E-state index in [4.69, 9.17) is 5.21 Å². The Morgan fingerprint density at radius 2 is 1.79 bits per heavy atom. The number of anilines is 1. The van der Waals surface area contributed by atoms with Crippen LogP contribution in [-0.2, 0) is 21.2 Å². The number of carbonyl (C=O) groups is 2. The first-order valence-corrected chi connectivity index (χ1v) is 12.5. The predicted molar refractivity (Wildman–Crippen MR) is 124 cm³/mol. The zero-order chi connectivity index (χ0) is 23.8. The molecule has 4 rings (SSSR count). The first-order chi connectivity index (χ1) is 15.6. The fraction of sp³-hybridized carbons (Fsp3) is 0.417. The molecule has 9 heteroatoms. The van der Waals surface area contributed by atoms with Crippen molar-refractivity contribution in [1.29, 1.82) is 0 Å². The number of hydrogen-bond acceptors (Lipinski definition) is 6. The molecule has 1 aliphatic heterocycles. The maximum atomic E-state index is 13.0. The second kappa shape index (κ2) is 8.79. The lowest BCUT2D eigenvalue weighted by Gasteiger charge is -2.40. The van der Waals surface area contributed by atoms with Gasteiger partial charge in [-0.25, -0.2) is 13.9 Å². The molecule has 3 N–H and O–H groups in total. The van der Waals surface area contributed by atoms with Crippen LogP contribution in [0.2, 0.25) is 0 Å². The molecule has 0 aromatic heterocycles. The largest absolute Gasteiger partial charge is 0.365 e. The Labute approximate surface area is 193 Å². The molecule has 33 heavy (non-hydrogen) atoms. The molecule has 1 aliphatic carbocycles. The average Bonchev–Trinajstić information content (AvgIpc) is 3.25. The molecule has 0 spiro atoms. The van der Waals surface area contributed by atoms with E-state index in [1.807, 2.05) is 24.3 Å². The molecule has 0 saturated heterocycles. The third-order valence-corrected chi connectivity index (χ3v) is 9.17. The van der Waals surface area contributed by atoms with Crippen molar-refractivity contribution in [1.82, 2.24) is 10.8 Å². The minimum absolute atomic E-state index is 0.264. The number of sulfone groups is 1. The molecule has 0 unspecified atom stereocenters. The van der Waals surface area contributed by atoms with Crippen LogP contribution in [-0.4, -0.2) is 42.8 Å². The van der Waals surface area contributed by atoms with Gasteiger partial charge in [-0.05, 0) is 56.5 Å². The van der Waals surface area contributed by atoms with Gasteiger partial charge in [-0.15, -0.1) is 0 Å². The van der Waals surface area contributed by atoms with E-state index >= 15 is 0 Å². The lowest BCUT2D eigenvalue weighted by atomic mass is 10.0. The van der Waals surface area contributed by atoms with E-state index in [-0.39, 0.29) is 11.9 Å². The monoisotopic (exact) mass is 471 g/mol. The normalized spacial score (nSPS) is 22.9. The summed E-state index contributed by atoms with van der Waals surface area (Å²) in [5.74, 6) is -1.17. The second-order valence-electron chi connectivity index (χ2n) is 9.38. The Kier molecular flexibility index (Phi) is 6.20. The van der Waals surface area contributed by atoms with Crippen LogP contribution in [0, 0.1) is 5.92 Å². The minimum atomic E-state index is -3.43. The highest BCUT2D eigenvalue weighted by Gasteiger charge is 2.43. The molecule has 1 saturated carbocycles. The van der Waals surface area contributed by atoms with E-state index < -0.39 is 26.4 Å². The molecule has 0 bridgehead atoms. The van der Waals surface area contributed by atoms with Crippen LogP contribution < -0.4 is 15.7 Å². The highest BCUT2D eigenvalue weighted by atomic mass is 32.2. The number of nitrogens with zero attached hydrogens (tertiary/aromatic N) is 1. The van der Waals surface area contributed by atoms with Crippen molar-refractivity contribution in [2.24, 2.45) is 5.92 Å². The van der Waals surface area contributed by atoms with Crippen molar-refractivity contribution >= 4 is 27.3 Å². The van der Waals surface area contributed by atoms with Gasteiger partial charge in [-0.3, -0.25) is 14.8 Å². The number of hydroxylamine groups is 1. The first-order valence-electron chi connectivity index (χ1n) is 11.1. The van der Waals surface area contributed by atoms with Gasteiger partial charge in [0, 0.05) is 24.7 Å². The molecule has 2 aromatic rings. The summed E-state index contributed by atoms with van der Waals surface area (Å²) in [5.41, 5.74) is 3.81. The number of amides is 2. The predicted octanol–water partition coefficient (Wildman–Crippen LogP) is 2.66. The van der Waals surface area contributed by atoms with Crippen LogP contribution in [0.1, 0.15) is 49.0 Å². The smallest absolute Gasteiger partial charge is 0.251 e. The molecule has 176 valence electrons. The van der Waals surface area contributed by atoms with Crippen molar-refractivity contribution < 1.29 is 23.2 Å². The number of carbonyl (C=O) groups excluding carboxylic acids is 2. The molecule has 2 amide bonds. The molecular weight excluding hydrogens is 442 g/mol. The third-order valence-electron chi connectivity index (χ3n) is 6.66. The summed E-state index contributed by atoms with van der Waals surface area (Å²) < 4.78 is 25.0. The Morgan fingerprint density at radius 1 is 1.09 bits per heavy atom. The molecule has 2 aromatic carbocycles. The lowest BCUT2D eigenvalue weighted by Crippen LogP contribution is -2.48. The molecule has 1 heterocycles. The van der Waals surface area contributed by atoms with Crippen molar-refractivity contribution in [3.8, 4) is 0 Å². The number of benzene rings is 2. The standard InChI is InChI=1S/C24H29N3O5S/c1-24(2)15-27(20-8-3-4-9-21(20)33(24,31)32)14-16-10-12-17(13-11-16)22(28)25-19-7-5-6-18(19)23(29)26-30/h3-4,8-13,18-19,30H,5-7,14-15H2,1-2H3,(H,25,28)(H,26,29)/t18-,19+/m0/s1. The van der Waals surface area contributed by atoms with E-state index in [1.54, 1.807) is 43.6 Å².